The minimum atomic E-state index is -0.743. The number of esters is 3. The molecule has 460 valence electrons. The van der Waals surface area contributed by atoms with E-state index in [1.165, 1.54) is 0 Å². The molecule has 0 aliphatic rings. The average Bonchev–Trinajstić information content (AvgIpc) is 3.43. The molecule has 1 atom stereocenters. The minimum Gasteiger partial charge on any atom is -0.463 e. The summed E-state index contributed by atoms with van der Waals surface area (Å²) in [7, 11) is 3.95. The third-order valence-electron chi connectivity index (χ3n) is 13.5. The summed E-state index contributed by atoms with van der Waals surface area (Å²) in [4.78, 5) is 58.1. The fraction of sp³-hybridized carbons (Fsp3) is 0.818. The summed E-state index contributed by atoms with van der Waals surface area (Å²) < 4.78 is 42.6. The molecule has 13 nitrogen and oxygen atoms in total. The second-order valence-corrected chi connectivity index (χ2v) is 21.3. The van der Waals surface area contributed by atoms with Crippen LogP contribution in [0.2, 0.25) is 0 Å². The Kier molecular flexibility index (Phi) is 55.4. The fourth-order valence-electron chi connectivity index (χ4n) is 8.84. The third-order valence-corrected chi connectivity index (χ3v) is 13.5. The van der Waals surface area contributed by atoms with Gasteiger partial charge in [0.05, 0.1) is 12.5 Å². The van der Waals surface area contributed by atoms with E-state index in [0.29, 0.717) is 71.6 Å². The lowest BCUT2D eigenvalue weighted by atomic mass is 10.1. The molecule has 79 heavy (non-hydrogen) atoms. The van der Waals surface area contributed by atoms with Crippen LogP contribution >= 0.6 is 0 Å². The van der Waals surface area contributed by atoms with Gasteiger partial charge in [-0.3, -0.25) is 19.2 Å². The second-order valence-electron chi connectivity index (χ2n) is 21.3. The number of carbonyl (C=O) groups excluding carboxylic acids is 4. The van der Waals surface area contributed by atoms with Gasteiger partial charge < -0.3 is 43.0 Å². The van der Waals surface area contributed by atoms with Gasteiger partial charge in [-0.25, -0.2) is 0 Å². The molecule has 0 aliphatic carbocycles. The van der Waals surface area contributed by atoms with Gasteiger partial charge in [0.15, 0.2) is 12.6 Å². The Balaban J connectivity index is 5.97. The molecular weight excluding hydrogens is 997 g/mol. The number of rotatable bonds is 58. The maximum Gasteiger partial charge on any atom is 0.306 e. The van der Waals surface area contributed by atoms with Crippen LogP contribution in [0.15, 0.2) is 48.6 Å². The molecule has 0 spiro atoms. The fourth-order valence-corrected chi connectivity index (χ4v) is 8.84. The topological polar surface area (TPSA) is 139 Å². The van der Waals surface area contributed by atoms with E-state index in [1.807, 2.05) is 19.0 Å². The smallest absolute Gasteiger partial charge is 0.306 e. The normalized spacial score (nSPS) is 12.5. The molecule has 1 unspecified atom stereocenters. The second kappa shape index (κ2) is 57.9. The van der Waals surface area contributed by atoms with Crippen molar-refractivity contribution >= 4 is 23.8 Å². The van der Waals surface area contributed by atoms with Crippen molar-refractivity contribution < 1.29 is 52.3 Å². The average molecular weight is 1120 g/mol. The number of hydrogen-bond acceptors (Lipinski definition) is 12. The predicted octanol–water partition coefficient (Wildman–Crippen LogP) is 16.1. The summed E-state index contributed by atoms with van der Waals surface area (Å²) in [6, 6.07) is -0.743. The van der Waals surface area contributed by atoms with Gasteiger partial charge in [-0.15, -0.1) is 0 Å². The van der Waals surface area contributed by atoms with Gasteiger partial charge in [0.25, 0.3) is 0 Å². The summed E-state index contributed by atoms with van der Waals surface area (Å²) in [6.07, 6.45) is 45.0. The zero-order chi connectivity index (χ0) is 58.1. The van der Waals surface area contributed by atoms with Gasteiger partial charge >= 0.3 is 17.9 Å². The molecule has 0 saturated heterocycles. The summed E-state index contributed by atoms with van der Waals surface area (Å²) in [6.45, 7) is 16.1. The standard InChI is InChI=1S/C66H120N2O11/c1-9-15-20-25-29-38-53-73-65(74-54-39-30-26-21-16-10-2)47-36-34-45-62(70)77-57-59(68(52-42-51-67(7)8)61(69)49-50-64(72)79-60(43-14-6)44-33-24-19-13-5)58-78-63(71)46-35-37-48-66(75-55-40-31-27-22-17-11-3)76-56-41-32-28-23-18-12-4/h15-18,20-23,59-60,65-66H,9-14,19,24-58H2,1-8H3/b20-15-,21-16-,22-17-,23-18-. The molecule has 0 aromatic carbocycles. The Morgan fingerprint density at radius 1 is 0.392 bits per heavy atom. The number of amides is 1. The Bertz CT molecular complexity index is 1410. The monoisotopic (exact) mass is 1120 g/mol. The maximum absolute atomic E-state index is 14.2. The van der Waals surface area contributed by atoms with Gasteiger partial charge in [0, 0.05) is 52.2 Å². The number of unbranched alkanes of at least 4 members (excludes halogenated alkanes) is 13. The first-order valence-electron chi connectivity index (χ1n) is 32.1. The third kappa shape index (κ3) is 50.1. The van der Waals surface area contributed by atoms with Crippen molar-refractivity contribution in [2.45, 2.75) is 285 Å². The summed E-state index contributed by atoms with van der Waals surface area (Å²) >= 11 is 0. The number of allylic oxidation sites excluding steroid dienone is 8. The lowest BCUT2D eigenvalue weighted by Gasteiger charge is -2.32. The van der Waals surface area contributed by atoms with Gasteiger partial charge in [-0.05, 0) is 188 Å². The van der Waals surface area contributed by atoms with Crippen molar-refractivity contribution in [1.29, 1.82) is 0 Å². The Hall–Kier alpha value is -3.36. The highest BCUT2D eigenvalue weighted by atomic mass is 16.7. The molecule has 0 radical (unpaired) electrons. The van der Waals surface area contributed by atoms with Gasteiger partial charge in [-0.2, -0.15) is 0 Å². The maximum atomic E-state index is 14.2. The first-order valence-corrected chi connectivity index (χ1v) is 32.1. The highest BCUT2D eigenvalue weighted by Gasteiger charge is 2.28. The molecule has 0 aromatic heterocycles. The molecule has 0 aromatic rings. The Morgan fingerprint density at radius 3 is 1.22 bits per heavy atom. The molecule has 0 saturated carbocycles. The Morgan fingerprint density at radius 2 is 0.823 bits per heavy atom. The molecular formula is C66H120N2O11. The first kappa shape index (κ1) is 75.6. The van der Waals surface area contributed by atoms with Crippen LogP contribution in [-0.2, 0) is 52.3 Å². The number of ether oxygens (including phenoxy) is 7. The SMILES string of the molecule is CC/C=C\CCCCOC(CCCCC(=O)OCC(COC(=O)CCCCC(OCCCC/C=C\CC)OCCCC/C=C\CC)N(CCCN(C)C)C(=O)CCC(=O)OC(CCC)CCCCCC)OCCCC/C=C\CC. The quantitative estimate of drug-likeness (QED) is 0.0188. The van der Waals surface area contributed by atoms with E-state index in [4.69, 9.17) is 33.2 Å². The van der Waals surface area contributed by atoms with E-state index in [2.05, 4.69) is 90.2 Å². The van der Waals surface area contributed by atoms with Crippen molar-refractivity contribution in [2.24, 2.45) is 0 Å². The molecule has 0 bridgehead atoms. The van der Waals surface area contributed by atoms with Crippen molar-refractivity contribution in [1.82, 2.24) is 9.80 Å². The predicted molar refractivity (Wildman–Crippen MR) is 325 cm³/mol. The van der Waals surface area contributed by atoms with Crippen molar-refractivity contribution in [3.8, 4) is 0 Å². The number of nitrogens with zero attached hydrogens (tertiary/aromatic N) is 2. The minimum absolute atomic E-state index is 0.0630. The van der Waals surface area contributed by atoms with E-state index in [0.717, 1.165) is 161 Å². The molecule has 13 heteroatoms. The summed E-state index contributed by atoms with van der Waals surface area (Å²) in [5, 5.41) is 0. The van der Waals surface area contributed by atoms with Gasteiger partial charge in [0.1, 0.15) is 19.3 Å². The van der Waals surface area contributed by atoms with Crippen LogP contribution in [0.1, 0.15) is 260 Å². The van der Waals surface area contributed by atoms with Crippen molar-refractivity contribution in [3.05, 3.63) is 48.6 Å². The van der Waals surface area contributed by atoms with E-state index in [9.17, 15) is 19.2 Å². The van der Waals surface area contributed by atoms with Crippen molar-refractivity contribution in [3.63, 3.8) is 0 Å². The lowest BCUT2D eigenvalue weighted by Crippen LogP contribution is -2.47. The molecule has 1 amide bonds. The largest absolute Gasteiger partial charge is 0.463 e. The van der Waals surface area contributed by atoms with E-state index >= 15 is 0 Å². The van der Waals surface area contributed by atoms with Crippen LogP contribution in [0, 0.1) is 0 Å². The van der Waals surface area contributed by atoms with Crippen LogP contribution in [0.4, 0.5) is 0 Å². The summed E-state index contributed by atoms with van der Waals surface area (Å²) in [5.74, 6) is -1.44. The molecule has 0 rings (SSSR count). The first-order chi connectivity index (χ1) is 38.5. The van der Waals surface area contributed by atoms with Crippen LogP contribution in [0.25, 0.3) is 0 Å². The van der Waals surface area contributed by atoms with Crippen LogP contribution in [0.5, 0.6) is 0 Å². The zero-order valence-electron chi connectivity index (χ0n) is 52.0. The van der Waals surface area contributed by atoms with E-state index < -0.39 is 6.04 Å². The van der Waals surface area contributed by atoms with Crippen molar-refractivity contribution in [2.75, 3.05) is 66.8 Å². The zero-order valence-corrected chi connectivity index (χ0v) is 52.0. The van der Waals surface area contributed by atoms with Crippen LogP contribution < -0.4 is 0 Å². The van der Waals surface area contributed by atoms with Crippen LogP contribution in [-0.4, -0.2) is 125 Å². The van der Waals surface area contributed by atoms with Gasteiger partial charge in [0.2, 0.25) is 5.91 Å². The van der Waals surface area contributed by atoms with E-state index in [-0.39, 0.29) is 81.4 Å². The molecule has 0 aliphatic heterocycles. The number of carbonyl (C=O) groups is 4. The number of hydrogen-bond donors (Lipinski definition) is 0. The van der Waals surface area contributed by atoms with Crippen LogP contribution in [0.3, 0.4) is 0 Å². The Labute approximate surface area is 484 Å². The summed E-state index contributed by atoms with van der Waals surface area (Å²) in [5.41, 5.74) is 0. The van der Waals surface area contributed by atoms with Gasteiger partial charge in [-0.1, -0.05) is 116 Å². The highest BCUT2D eigenvalue weighted by molar-refractivity contribution is 5.82. The lowest BCUT2D eigenvalue weighted by molar-refractivity contribution is -0.156. The molecule has 0 heterocycles. The molecule has 0 fully saturated rings. The van der Waals surface area contributed by atoms with E-state index in [1.54, 1.807) is 4.90 Å². The molecule has 0 N–H and O–H groups in total. The highest BCUT2D eigenvalue weighted by Crippen LogP contribution is 2.18.